The predicted molar refractivity (Wildman–Crippen MR) is 97.4 cm³/mol. The number of hydrogen-bond acceptors (Lipinski definition) is 5. The second-order valence-corrected chi connectivity index (χ2v) is 7.61. The van der Waals surface area contributed by atoms with E-state index in [1.54, 1.807) is 12.4 Å². The van der Waals surface area contributed by atoms with Crippen LogP contribution in [0.15, 0.2) is 30.6 Å². The highest BCUT2D eigenvalue weighted by Crippen LogP contribution is 2.23. The summed E-state index contributed by atoms with van der Waals surface area (Å²) in [5.41, 5.74) is 2.32. The van der Waals surface area contributed by atoms with Crippen molar-refractivity contribution in [2.24, 2.45) is 0 Å². The number of fused-ring (bicyclic) bond motifs is 1. The van der Waals surface area contributed by atoms with Gasteiger partial charge in [-0.1, -0.05) is 0 Å². The van der Waals surface area contributed by atoms with E-state index in [4.69, 9.17) is 0 Å². The van der Waals surface area contributed by atoms with Crippen LogP contribution in [0.25, 0.3) is 11.0 Å². The molecule has 5 nitrogen and oxygen atoms in total. The van der Waals surface area contributed by atoms with Crippen molar-refractivity contribution in [2.45, 2.75) is 18.9 Å². The van der Waals surface area contributed by atoms with Gasteiger partial charge in [-0.15, -0.1) is 0 Å². The number of thioether (sulfide) groups is 1. The van der Waals surface area contributed by atoms with E-state index in [2.05, 4.69) is 26.6 Å². The second kappa shape index (κ2) is 7.07. The number of carbonyl (C=O) groups excluding carboxylic acids is 1. The number of hydrogen-bond donors (Lipinski definition) is 0. The molecule has 1 unspecified atom stereocenters. The molecule has 2 aliphatic heterocycles. The maximum atomic E-state index is 12.9. The van der Waals surface area contributed by atoms with Crippen molar-refractivity contribution < 1.29 is 4.79 Å². The number of aromatic nitrogens is 2. The summed E-state index contributed by atoms with van der Waals surface area (Å²) in [7, 11) is 0. The van der Waals surface area contributed by atoms with Gasteiger partial charge in [0.25, 0.3) is 5.91 Å². The van der Waals surface area contributed by atoms with Gasteiger partial charge in [0, 0.05) is 55.9 Å². The topological polar surface area (TPSA) is 49.3 Å². The minimum atomic E-state index is 0.116. The van der Waals surface area contributed by atoms with Crippen LogP contribution in [-0.2, 0) is 0 Å². The van der Waals surface area contributed by atoms with E-state index >= 15 is 0 Å². The van der Waals surface area contributed by atoms with Crippen molar-refractivity contribution in [3.8, 4) is 0 Å². The maximum Gasteiger partial charge on any atom is 0.253 e. The van der Waals surface area contributed by atoms with Gasteiger partial charge in [-0.3, -0.25) is 19.7 Å². The van der Waals surface area contributed by atoms with E-state index in [0.717, 1.165) is 43.6 Å². The largest absolute Gasteiger partial charge is 0.337 e. The third kappa shape index (κ3) is 3.26. The molecule has 1 atom stereocenters. The van der Waals surface area contributed by atoms with Gasteiger partial charge in [-0.2, -0.15) is 11.8 Å². The molecule has 126 valence electrons. The Morgan fingerprint density at radius 2 is 1.96 bits per heavy atom. The van der Waals surface area contributed by atoms with E-state index in [1.165, 1.54) is 17.9 Å². The van der Waals surface area contributed by atoms with Crippen LogP contribution in [0.2, 0.25) is 0 Å². The molecular formula is C18H22N4OS. The monoisotopic (exact) mass is 342 g/mol. The molecule has 0 saturated carbocycles. The zero-order valence-electron chi connectivity index (χ0n) is 13.7. The molecule has 1 aromatic heterocycles. The van der Waals surface area contributed by atoms with Crippen molar-refractivity contribution >= 4 is 28.7 Å². The lowest BCUT2D eigenvalue weighted by Crippen LogP contribution is -2.39. The molecule has 2 saturated heterocycles. The van der Waals surface area contributed by atoms with Crippen LogP contribution in [0, 0.1) is 0 Å². The van der Waals surface area contributed by atoms with E-state index in [-0.39, 0.29) is 5.91 Å². The molecule has 2 aliphatic rings. The third-order valence-electron chi connectivity index (χ3n) is 4.96. The van der Waals surface area contributed by atoms with Crippen LogP contribution in [0.4, 0.5) is 0 Å². The van der Waals surface area contributed by atoms with Crippen LogP contribution < -0.4 is 0 Å². The quantitative estimate of drug-likeness (QED) is 0.838. The summed E-state index contributed by atoms with van der Waals surface area (Å²) in [4.78, 5) is 26.0. The van der Waals surface area contributed by atoms with Gasteiger partial charge in [0.2, 0.25) is 0 Å². The summed E-state index contributed by atoms with van der Waals surface area (Å²) in [6.45, 7) is 3.76. The molecule has 0 N–H and O–H groups in total. The molecule has 1 aromatic carbocycles. The van der Waals surface area contributed by atoms with Gasteiger partial charge in [-0.05, 0) is 36.8 Å². The van der Waals surface area contributed by atoms with Crippen LogP contribution in [-0.4, -0.2) is 69.4 Å². The Balaban J connectivity index is 1.47. The van der Waals surface area contributed by atoms with Crippen molar-refractivity contribution in [3.63, 3.8) is 0 Å². The highest BCUT2D eigenvalue weighted by Gasteiger charge is 2.26. The van der Waals surface area contributed by atoms with Crippen molar-refractivity contribution in [3.05, 3.63) is 36.2 Å². The number of rotatable bonds is 2. The van der Waals surface area contributed by atoms with Gasteiger partial charge < -0.3 is 4.90 Å². The fourth-order valence-corrected chi connectivity index (χ4v) is 4.85. The number of nitrogens with zero attached hydrogens (tertiary/aromatic N) is 4. The molecule has 24 heavy (non-hydrogen) atoms. The first-order valence-electron chi connectivity index (χ1n) is 8.63. The lowest BCUT2D eigenvalue weighted by Gasteiger charge is -2.26. The fourth-order valence-electron chi connectivity index (χ4n) is 3.59. The average Bonchev–Trinajstić information content (AvgIpc) is 3.05. The molecule has 0 aliphatic carbocycles. The Hall–Kier alpha value is -1.66. The van der Waals surface area contributed by atoms with Crippen molar-refractivity contribution in [1.82, 2.24) is 19.8 Å². The predicted octanol–water partition coefficient (Wildman–Crippen LogP) is 2.28. The maximum absolute atomic E-state index is 12.9. The fraction of sp³-hybridized carbons (Fsp3) is 0.500. The Bertz CT molecular complexity index is 732. The van der Waals surface area contributed by atoms with E-state index in [0.29, 0.717) is 11.6 Å². The molecule has 3 heterocycles. The molecule has 0 spiro atoms. The summed E-state index contributed by atoms with van der Waals surface area (Å²) in [5, 5.41) is 0. The normalized spacial score (nSPS) is 22.7. The van der Waals surface area contributed by atoms with E-state index < -0.39 is 0 Å². The summed E-state index contributed by atoms with van der Waals surface area (Å²) in [5.74, 6) is 2.64. The summed E-state index contributed by atoms with van der Waals surface area (Å²) >= 11 is 2.05. The first kappa shape index (κ1) is 15.8. The Labute approximate surface area is 146 Å². The molecule has 1 amide bonds. The number of amides is 1. The SMILES string of the molecule is O=C(c1ccc2nccnc2c1)N1CCCN(C2CCSC2)CC1. The Morgan fingerprint density at radius 1 is 1.08 bits per heavy atom. The van der Waals surface area contributed by atoms with Crippen LogP contribution in [0.1, 0.15) is 23.2 Å². The Kier molecular flexibility index (Phi) is 4.67. The Morgan fingerprint density at radius 3 is 2.79 bits per heavy atom. The lowest BCUT2D eigenvalue weighted by molar-refractivity contribution is 0.0759. The minimum absolute atomic E-state index is 0.116. The van der Waals surface area contributed by atoms with Crippen molar-refractivity contribution in [2.75, 3.05) is 37.7 Å². The first-order chi connectivity index (χ1) is 11.8. The first-order valence-corrected chi connectivity index (χ1v) is 9.78. The van der Waals surface area contributed by atoms with Crippen LogP contribution in [0.5, 0.6) is 0 Å². The standard InChI is InChI=1S/C18H22N4OS/c23-18(14-2-3-16-17(12-14)20-6-5-19-16)22-8-1-7-21(9-10-22)15-4-11-24-13-15/h2-3,5-6,12,15H,1,4,7-11,13H2. The smallest absolute Gasteiger partial charge is 0.253 e. The molecular weight excluding hydrogens is 320 g/mol. The second-order valence-electron chi connectivity index (χ2n) is 6.46. The van der Waals surface area contributed by atoms with Gasteiger partial charge in [0.05, 0.1) is 11.0 Å². The highest BCUT2D eigenvalue weighted by atomic mass is 32.2. The highest BCUT2D eigenvalue weighted by molar-refractivity contribution is 7.99. The molecule has 2 aromatic rings. The summed E-state index contributed by atoms with van der Waals surface area (Å²) < 4.78 is 0. The van der Waals surface area contributed by atoms with Gasteiger partial charge in [0.1, 0.15) is 0 Å². The zero-order valence-corrected chi connectivity index (χ0v) is 14.5. The lowest BCUT2D eigenvalue weighted by atomic mass is 10.1. The summed E-state index contributed by atoms with van der Waals surface area (Å²) in [6.07, 6.45) is 5.69. The minimum Gasteiger partial charge on any atom is -0.337 e. The van der Waals surface area contributed by atoms with E-state index in [9.17, 15) is 4.79 Å². The van der Waals surface area contributed by atoms with Crippen LogP contribution in [0.3, 0.4) is 0 Å². The third-order valence-corrected chi connectivity index (χ3v) is 6.10. The average molecular weight is 342 g/mol. The van der Waals surface area contributed by atoms with Gasteiger partial charge in [0.15, 0.2) is 0 Å². The van der Waals surface area contributed by atoms with Gasteiger partial charge in [-0.25, -0.2) is 0 Å². The van der Waals surface area contributed by atoms with Crippen molar-refractivity contribution in [1.29, 1.82) is 0 Å². The summed E-state index contributed by atoms with van der Waals surface area (Å²) in [6, 6.07) is 6.33. The molecule has 2 fully saturated rings. The molecule has 0 radical (unpaired) electrons. The van der Waals surface area contributed by atoms with Crippen LogP contribution >= 0.6 is 11.8 Å². The number of benzene rings is 1. The van der Waals surface area contributed by atoms with Gasteiger partial charge >= 0.3 is 0 Å². The molecule has 6 heteroatoms. The molecule has 0 bridgehead atoms. The zero-order chi connectivity index (χ0) is 16.4. The number of carbonyl (C=O) groups is 1. The van der Waals surface area contributed by atoms with E-state index in [1.807, 2.05) is 23.1 Å². The molecule has 4 rings (SSSR count).